The quantitative estimate of drug-likeness (QED) is 0.246. The molecule has 0 unspecified atom stereocenters. The molecule has 15 heteroatoms. The highest BCUT2D eigenvalue weighted by Crippen LogP contribution is 2.43. The topological polar surface area (TPSA) is 123 Å². The van der Waals surface area contributed by atoms with Gasteiger partial charge in [-0.05, 0) is 26.0 Å². The number of hydrogen-bond acceptors (Lipinski definition) is 8. The maximum absolute atomic E-state index is 14.2. The number of esters is 2. The van der Waals surface area contributed by atoms with Crippen LogP contribution in [0.2, 0.25) is 0 Å². The second kappa shape index (κ2) is 11.0. The standard InChI is InChI=1S/C20H24F6N2O7/c1-5-14(29)28-18(20(24,25)26,16(31)35-7-3)27-12-10-11(8-9-13(12)33-4)17(32,19(21,22)23)15(30)34-6-2/h8-10,27,32H,5-7H2,1-4H3,(H,28,29)/t17-,18+/m0/s1. The molecular formula is C20H24F6N2O7. The maximum atomic E-state index is 14.2. The van der Waals surface area contributed by atoms with Crippen molar-refractivity contribution in [3.05, 3.63) is 23.8 Å². The second-order valence-electron chi connectivity index (χ2n) is 6.84. The fourth-order valence-electron chi connectivity index (χ4n) is 2.79. The molecule has 0 saturated carbocycles. The molecule has 0 aliphatic heterocycles. The summed E-state index contributed by atoms with van der Waals surface area (Å²) in [5.74, 6) is -5.98. The van der Waals surface area contributed by atoms with E-state index in [1.54, 1.807) is 5.32 Å². The predicted molar refractivity (Wildman–Crippen MR) is 107 cm³/mol. The van der Waals surface area contributed by atoms with Crippen molar-refractivity contribution in [2.24, 2.45) is 0 Å². The van der Waals surface area contributed by atoms with Crippen LogP contribution in [0.15, 0.2) is 18.2 Å². The van der Waals surface area contributed by atoms with Crippen molar-refractivity contribution in [2.75, 3.05) is 25.6 Å². The molecule has 0 saturated heterocycles. The van der Waals surface area contributed by atoms with Gasteiger partial charge in [-0.25, -0.2) is 9.59 Å². The third kappa shape index (κ3) is 5.89. The molecule has 0 fully saturated rings. The Morgan fingerprint density at radius 2 is 1.46 bits per heavy atom. The summed E-state index contributed by atoms with van der Waals surface area (Å²) in [6.45, 7) is 2.44. The first-order valence-electron chi connectivity index (χ1n) is 10.0. The molecule has 0 aliphatic carbocycles. The van der Waals surface area contributed by atoms with Gasteiger partial charge < -0.3 is 30.0 Å². The first-order chi connectivity index (χ1) is 16.0. The molecule has 3 N–H and O–H groups in total. The van der Waals surface area contributed by atoms with E-state index in [2.05, 4.69) is 9.47 Å². The van der Waals surface area contributed by atoms with Gasteiger partial charge >= 0.3 is 30.0 Å². The average molecular weight is 518 g/mol. The van der Waals surface area contributed by atoms with Crippen molar-refractivity contribution in [1.82, 2.24) is 5.32 Å². The Balaban J connectivity index is 3.88. The van der Waals surface area contributed by atoms with Crippen LogP contribution in [0.25, 0.3) is 0 Å². The number of amides is 1. The van der Waals surface area contributed by atoms with Gasteiger partial charge in [-0.1, -0.05) is 13.0 Å². The number of benzene rings is 1. The smallest absolute Gasteiger partial charge is 0.441 e. The maximum Gasteiger partial charge on any atom is 0.441 e. The number of halogens is 6. The van der Waals surface area contributed by atoms with E-state index in [0.717, 1.165) is 7.11 Å². The van der Waals surface area contributed by atoms with Crippen molar-refractivity contribution < 1.29 is 60.0 Å². The summed E-state index contributed by atoms with van der Waals surface area (Å²) in [5, 5.41) is 13.4. The van der Waals surface area contributed by atoms with E-state index in [4.69, 9.17) is 4.74 Å². The van der Waals surface area contributed by atoms with Gasteiger partial charge in [0.15, 0.2) is 0 Å². The van der Waals surface area contributed by atoms with Crippen molar-refractivity contribution in [3.63, 3.8) is 0 Å². The minimum absolute atomic E-state index is 0.307. The highest BCUT2D eigenvalue weighted by molar-refractivity contribution is 5.92. The van der Waals surface area contributed by atoms with Gasteiger partial charge in [0.25, 0.3) is 5.60 Å². The molecule has 0 bridgehead atoms. The summed E-state index contributed by atoms with van der Waals surface area (Å²) in [5.41, 5.74) is -10.5. The van der Waals surface area contributed by atoms with Gasteiger partial charge in [-0.15, -0.1) is 0 Å². The monoisotopic (exact) mass is 518 g/mol. The largest absolute Gasteiger partial charge is 0.495 e. The summed E-state index contributed by atoms with van der Waals surface area (Å²) in [6, 6.07) is 1.58. The third-order valence-corrected chi connectivity index (χ3v) is 4.58. The van der Waals surface area contributed by atoms with Gasteiger partial charge in [-0.3, -0.25) is 4.79 Å². The number of carbonyl (C=O) groups excluding carboxylic acids is 3. The molecule has 1 aromatic rings. The van der Waals surface area contributed by atoms with E-state index in [0.29, 0.717) is 18.2 Å². The predicted octanol–water partition coefficient (Wildman–Crippen LogP) is 2.77. The van der Waals surface area contributed by atoms with Crippen molar-refractivity contribution in [3.8, 4) is 5.75 Å². The summed E-state index contributed by atoms with van der Waals surface area (Å²) in [4.78, 5) is 36.4. The molecule has 0 aromatic heterocycles. The normalized spacial score (nSPS) is 15.3. The van der Waals surface area contributed by atoms with E-state index in [1.807, 2.05) is 0 Å². The van der Waals surface area contributed by atoms with Crippen LogP contribution in [-0.4, -0.2) is 61.3 Å². The number of hydrogen-bond donors (Lipinski definition) is 3. The molecule has 0 heterocycles. The Morgan fingerprint density at radius 1 is 0.914 bits per heavy atom. The first kappa shape index (κ1) is 29.8. The van der Waals surface area contributed by atoms with Crippen LogP contribution in [0, 0.1) is 0 Å². The number of carbonyl (C=O) groups is 3. The number of nitrogens with one attached hydrogen (secondary N) is 2. The van der Waals surface area contributed by atoms with E-state index in [1.165, 1.54) is 26.1 Å². The van der Waals surface area contributed by atoms with E-state index in [9.17, 15) is 45.8 Å². The molecule has 198 valence electrons. The van der Waals surface area contributed by atoms with Gasteiger partial charge in [0.1, 0.15) is 5.75 Å². The number of rotatable bonds is 10. The highest BCUT2D eigenvalue weighted by atomic mass is 19.4. The first-order valence-corrected chi connectivity index (χ1v) is 10.0. The lowest BCUT2D eigenvalue weighted by atomic mass is 9.92. The van der Waals surface area contributed by atoms with Gasteiger partial charge in [-0.2, -0.15) is 26.3 Å². The van der Waals surface area contributed by atoms with Crippen molar-refractivity contribution in [1.29, 1.82) is 0 Å². The Kier molecular flexibility index (Phi) is 9.37. The molecule has 1 aromatic carbocycles. The zero-order valence-electron chi connectivity index (χ0n) is 19.0. The fourth-order valence-corrected chi connectivity index (χ4v) is 2.79. The summed E-state index contributed by atoms with van der Waals surface area (Å²) in [7, 11) is 0.950. The van der Waals surface area contributed by atoms with Crippen LogP contribution < -0.4 is 15.4 Å². The second-order valence-corrected chi connectivity index (χ2v) is 6.84. The molecule has 2 atom stereocenters. The molecular weight excluding hydrogens is 494 g/mol. The summed E-state index contributed by atoms with van der Waals surface area (Å²) < 4.78 is 97.4. The lowest BCUT2D eigenvalue weighted by Gasteiger charge is -2.36. The van der Waals surface area contributed by atoms with Gasteiger partial charge in [0.05, 0.1) is 26.0 Å². The number of methoxy groups -OCH3 is 1. The van der Waals surface area contributed by atoms with Crippen LogP contribution in [0.3, 0.4) is 0 Å². The van der Waals surface area contributed by atoms with E-state index >= 15 is 0 Å². The van der Waals surface area contributed by atoms with Crippen LogP contribution in [0.5, 0.6) is 5.75 Å². The zero-order chi connectivity index (χ0) is 27.2. The van der Waals surface area contributed by atoms with Crippen LogP contribution in [0.4, 0.5) is 32.0 Å². The van der Waals surface area contributed by atoms with E-state index in [-0.39, 0.29) is 0 Å². The van der Waals surface area contributed by atoms with E-state index < -0.39 is 78.1 Å². The highest BCUT2D eigenvalue weighted by Gasteiger charge is 2.65. The third-order valence-electron chi connectivity index (χ3n) is 4.58. The number of aliphatic hydroxyl groups is 1. The van der Waals surface area contributed by atoms with Crippen molar-refractivity contribution >= 4 is 23.5 Å². The fraction of sp³-hybridized carbons (Fsp3) is 0.550. The zero-order valence-corrected chi connectivity index (χ0v) is 19.0. The molecule has 35 heavy (non-hydrogen) atoms. The number of ether oxygens (including phenoxy) is 3. The molecule has 0 radical (unpaired) electrons. The van der Waals surface area contributed by atoms with Crippen LogP contribution >= 0.6 is 0 Å². The Hall–Kier alpha value is -3.23. The minimum atomic E-state index is -5.66. The molecule has 1 amide bonds. The van der Waals surface area contributed by atoms with Gasteiger partial charge in [0, 0.05) is 12.0 Å². The summed E-state index contributed by atoms with van der Waals surface area (Å²) >= 11 is 0. The lowest BCUT2D eigenvalue weighted by Crippen LogP contribution is -2.69. The molecule has 9 nitrogen and oxygen atoms in total. The van der Waals surface area contributed by atoms with Crippen LogP contribution in [-0.2, 0) is 29.5 Å². The lowest BCUT2D eigenvalue weighted by molar-refractivity contribution is -0.267. The average Bonchev–Trinajstić information content (AvgIpc) is 2.76. The minimum Gasteiger partial charge on any atom is -0.495 e. The Morgan fingerprint density at radius 3 is 1.89 bits per heavy atom. The molecule has 1 rings (SSSR count). The number of anilines is 1. The Labute approximate surface area is 195 Å². The van der Waals surface area contributed by atoms with Crippen molar-refractivity contribution in [2.45, 2.75) is 50.8 Å². The molecule has 0 aliphatic rings. The number of alkyl halides is 6. The van der Waals surface area contributed by atoms with Gasteiger partial charge in [0.2, 0.25) is 5.91 Å². The van der Waals surface area contributed by atoms with Crippen LogP contribution in [0.1, 0.15) is 32.8 Å². The summed E-state index contributed by atoms with van der Waals surface area (Å²) in [6.07, 6.45) is -11.8. The molecule has 0 spiro atoms. The SMILES string of the molecule is CCOC(=O)[C@](NC(=O)CC)(Nc1cc([C@](O)(C(=O)OCC)C(F)(F)F)ccc1OC)C(F)(F)F. The Bertz CT molecular complexity index is 938.